The second-order valence-corrected chi connectivity index (χ2v) is 4.26. The molecule has 1 N–H and O–H groups in total. The second-order valence-electron chi connectivity index (χ2n) is 1.66. The van der Waals surface area contributed by atoms with Crippen LogP contribution in [-0.2, 0) is 10.8 Å². The molecule has 0 bridgehead atoms. The normalized spacial score (nSPS) is 27.7. The SMILES string of the molecule is O=S1CCSC=C1CO. The second kappa shape index (κ2) is 3.39. The van der Waals surface area contributed by atoms with Crippen LogP contribution in [0.1, 0.15) is 0 Å². The molecule has 0 radical (unpaired) electrons. The van der Waals surface area contributed by atoms with Gasteiger partial charge in [-0.25, -0.2) is 0 Å². The molecule has 52 valence electrons. The van der Waals surface area contributed by atoms with Crippen molar-refractivity contribution in [1.29, 1.82) is 0 Å². The number of hydrogen-bond donors (Lipinski definition) is 1. The zero-order chi connectivity index (χ0) is 6.69. The van der Waals surface area contributed by atoms with E-state index in [-0.39, 0.29) is 6.61 Å². The van der Waals surface area contributed by atoms with Crippen molar-refractivity contribution in [3.8, 4) is 0 Å². The average molecular weight is 164 g/mol. The van der Waals surface area contributed by atoms with Gasteiger partial charge in [-0.2, -0.15) is 0 Å². The van der Waals surface area contributed by atoms with E-state index in [9.17, 15) is 4.21 Å². The standard InChI is InChI=1S/C5H8O2S2/c6-3-5-4-8-1-2-9(5)7/h4,6H,1-3H2. The molecular formula is C5H8O2S2. The Balaban J connectivity index is 2.64. The number of aliphatic hydroxyl groups excluding tert-OH is 1. The van der Waals surface area contributed by atoms with Gasteiger partial charge in [0.25, 0.3) is 0 Å². The largest absolute Gasteiger partial charge is 0.391 e. The van der Waals surface area contributed by atoms with E-state index in [4.69, 9.17) is 5.11 Å². The minimum Gasteiger partial charge on any atom is -0.391 e. The van der Waals surface area contributed by atoms with Gasteiger partial charge in [0, 0.05) is 16.4 Å². The highest BCUT2D eigenvalue weighted by Gasteiger charge is 2.09. The monoisotopic (exact) mass is 164 g/mol. The Morgan fingerprint density at radius 1 is 1.89 bits per heavy atom. The summed E-state index contributed by atoms with van der Waals surface area (Å²) in [5.74, 6) is 1.60. The van der Waals surface area contributed by atoms with Crippen LogP contribution in [0.5, 0.6) is 0 Å². The summed E-state index contributed by atoms with van der Waals surface area (Å²) in [5, 5.41) is 10.4. The fourth-order valence-corrected chi connectivity index (χ4v) is 2.98. The predicted molar refractivity (Wildman–Crippen MR) is 40.6 cm³/mol. The molecular weight excluding hydrogens is 156 g/mol. The van der Waals surface area contributed by atoms with Gasteiger partial charge in [0.15, 0.2) is 0 Å². The van der Waals surface area contributed by atoms with Crippen LogP contribution in [0.3, 0.4) is 0 Å². The van der Waals surface area contributed by atoms with E-state index in [2.05, 4.69) is 0 Å². The summed E-state index contributed by atoms with van der Waals surface area (Å²) < 4.78 is 10.9. The number of hydrogen-bond acceptors (Lipinski definition) is 3. The molecule has 1 heterocycles. The van der Waals surface area contributed by atoms with Crippen molar-refractivity contribution in [2.75, 3.05) is 18.1 Å². The van der Waals surface area contributed by atoms with Gasteiger partial charge in [-0.1, -0.05) is 0 Å². The third-order valence-electron chi connectivity index (χ3n) is 1.05. The molecule has 0 fully saturated rings. The summed E-state index contributed by atoms with van der Waals surface area (Å²) in [4.78, 5) is 0.672. The Hall–Kier alpha value is 0.200. The fourth-order valence-electron chi connectivity index (χ4n) is 0.570. The summed E-state index contributed by atoms with van der Waals surface area (Å²) in [6.07, 6.45) is 0. The Morgan fingerprint density at radius 2 is 2.67 bits per heavy atom. The van der Waals surface area contributed by atoms with Gasteiger partial charge in [0.05, 0.1) is 17.4 Å². The minimum absolute atomic E-state index is 0.0559. The van der Waals surface area contributed by atoms with Crippen molar-refractivity contribution in [2.45, 2.75) is 0 Å². The first kappa shape index (κ1) is 7.31. The first-order chi connectivity index (χ1) is 4.34. The van der Waals surface area contributed by atoms with Crippen molar-refractivity contribution < 1.29 is 9.32 Å². The van der Waals surface area contributed by atoms with Crippen LogP contribution >= 0.6 is 11.8 Å². The molecule has 0 saturated carbocycles. The molecule has 2 nitrogen and oxygen atoms in total. The van der Waals surface area contributed by atoms with E-state index < -0.39 is 10.8 Å². The van der Waals surface area contributed by atoms with Crippen LogP contribution in [-0.4, -0.2) is 27.4 Å². The lowest BCUT2D eigenvalue weighted by molar-refractivity contribution is 0.339. The van der Waals surface area contributed by atoms with Crippen molar-refractivity contribution in [2.24, 2.45) is 0 Å². The van der Waals surface area contributed by atoms with Crippen molar-refractivity contribution in [1.82, 2.24) is 0 Å². The summed E-state index contributed by atoms with van der Waals surface area (Å²) in [6.45, 7) is -0.0559. The third kappa shape index (κ3) is 1.81. The van der Waals surface area contributed by atoms with Gasteiger partial charge in [-0.05, 0) is 5.41 Å². The maximum absolute atomic E-state index is 10.9. The van der Waals surface area contributed by atoms with Crippen LogP contribution in [0.2, 0.25) is 0 Å². The van der Waals surface area contributed by atoms with Crippen LogP contribution in [0, 0.1) is 0 Å². The lowest BCUT2D eigenvalue weighted by Crippen LogP contribution is -2.09. The molecule has 1 aliphatic heterocycles. The maximum Gasteiger partial charge on any atom is 0.0771 e. The minimum atomic E-state index is -0.888. The van der Waals surface area contributed by atoms with Crippen LogP contribution in [0.15, 0.2) is 10.3 Å². The van der Waals surface area contributed by atoms with Crippen molar-refractivity contribution in [3.63, 3.8) is 0 Å². The highest BCUT2D eigenvalue weighted by Crippen LogP contribution is 2.16. The molecule has 0 aromatic rings. The molecule has 0 spiro atoms. The van der Waals surface area contributed by atoms with Crippen LogP contribution in [0.25, 0.3) is 0 Å². The summed E-state index contributed by atoms with van der Waals surface area (Å²) in [6, 6.07) is 0. The Kier molecular flexibility index (Phi) is 2.75. The quantitative estimate of drug-likeness (QED) is 0.606. The number of aliphatic hydroxyl groups is 1. The number of rotatable bonds is 1. The van der Waals surface area contributed by atoms with E-state index in [1.54, 1.807) is 17.2 Å². The molecule has 1 aliphatic rings. The van der Waals surface area contributed by atoms with Gasteiger partial charge in [0.2, 0.25) is 0 Å². The lowest BCUT2D eigenvalue weighted by Gasteiger charge is -2.08. The summed E-state index contributed by atoms with van der Waals surface area (Å²) >= 11 is 1.62. The molecule has 0 aromatic carbocycles. The molecule has 0 saturated heterocycles. The van der Waals surface area contributed by atoms with E-state index in [0.717, 1.165) is 5.75 Å². The third-order valence-corrected chi connectivity index (χ3v) is 3.75. The highest BCUT2D eigenvalue weighted by molar-refractivity contribution is 8.05. The molecule has 1 rings (SSSR count). The van der Waals surface area contributed by atoms with Gasteiger partial charge in [-0.3, -0.25) is 4.21 Å². The fraction of sp³-hybridized carbons (Fsp3) is 0.600. The summed E-state index contributed by atoms with van der Waals surface area (Å²) in [7, 11) is -0.888. The van der Waals surface area contributed by atoms with E-state index in [1.807, 2.05) is 0 Å². The zero-order valence-electron chi connectivity index (χ0n) is 4.87. The molecule has 1 atom stereocenters. The Bertz CT molecular complexity index is 153. The van der Waals surface area contributed by atoms with Gasteiger partial charge < -0.3 is 5.11 Å². The highest BCUT2D eigenvalue weighted by atomic mass is 32.2. The Morgan fingerprint density at radius 3 is 3.11 bits per heavy atom. The van der Waals surface area contributed by atoms with Gasteiger partial charge >= 0.3 is 0 Å². The van der Waals surface area contributed by atoms with Crippen molar-refractivity contribution >= 4 is 22.6 Å². The average Bonchev–Trinajstić information content (AvgIpc) is 1.89. The molecule has 1 unspecified atom stereocenters. The molecule has 0 amide bonds. The number of thioether (sulfide) groups is 1. The van der Waals surface area contributed by atoms with Crippen LogP contribution in [0.4, 0.5) is 0 Å². The van der Waals surface area contributed by atoms with E-state index in [1.165, 1.54) is 0 Å². The lowest BCUT2D eigenvalue weighted by atomic mass is 10.7. The zero-order valence-corrected chi connectivity index (χ0v) is 6.50. The van der Waals surface area contributed by atoms with Crippen molar-refractivity contribution in [3.05, 3.63) is 10.3 Å². The molecule has 0 aliphatic carbocycles. The maximum atomic E-state index is 10.9. The molecule has 0 aromatic heterocycles. The Labute approximate surface area is 60.8 Å². The molecule has 9 heavy (non-hydrogen) atoms. The predicted octanol–water partition coefficient (Wildman–Crippen LogP) is 0.316. The smallest absolute Gasteiger partial charge is 0.0771 e. The topological polar surface area (TPSA) is 37.3 Å². The van der Waals surface area contributed by atoms with E-state index >= 15 is 0 Å². The van der Waals surface area contributed by atoms with Gasteiger partial charge in [0.1, 0.15) is 0 Å². The first-order valence-electron chi connectivity index (χ1n) is 2.64. The summed E-state index contributed by atoms with van der Waals surface area (Å²) in [5.41, 5.74) is 0. The van der Waals surface area contributed by atoms with Gasteiger partial charge in [-0.15, -0.1) is 11.8 Å². The van der Waals surface area contributed by atoms with E-state index in [0.29, 0.717) is 10.7 Å². The first-order valence-corrected chi connectivity index (χ1v) is 5.01. The molecule has 4 heteroatoms. The van der Waals surface area contributed by atoms with Crippen LogP contribution < -0.4 is 0 Å².